The monoisotopic (exact) mass is 302 g/mol. The standard InChI is InChI=1S/C12H9F3N2O2S/c1-2-7-17(9-12(13,14)15)20(18,19)11-5-3-10(8-16)4-6-11/h1,3-6H,7,9H2. The Hall–Kier alpha value is -2.03. The van der Waals surface area contributed by atoms with Gasteiger partial charge in [0.25, 0.3) is 0 Å². The van der Waals surface area contributed by atoms with E-state index in [9.17, 15) is 21.6 Å². The summed E-state index contributed by atoms with van der Waals surface area (Å²) in [5.41, 5.74) is 0.197. The molecule has 8 heteroatoms. The van der Waals surface area contributed by atoms with E-state index < -0.39 is 29.3 Å². The van der Waals surface area contributed by atoms with Crippen molar-refractivity contribution < 1.29 is 21.6 Å². The van der Waals surface area contributed by atoms with Crippen LogP contribution >= 0.6 is 0 Å². The molecule has 0 saturated heterocycles. The molecule has 0 radical (unpaired) electrons. The molecule has 0 unspecified atom stereocenters. The van der Waals surface area contributed by atoms with Gasteiger partial charge in [0.05, 0.1) is 23.1 Å². The van der Waals surface area contributed by atoms with E-state index in [0.717, 1.165) is 12.1 Å². The molecule has 4 nitrogen and oxygen atoms in total. The highest BCUT2D eigenvalue weighted by atomic mass is 32.2. The summed E-state index contributed by atoms with van der Waals surface area (Å²) < 4.78 is 61.4. The zero-order valence-corrected chi connectivity index (χ0v) is 10.9. The minimum absolute atomic E-state index is 0.161. The summed E-state index contributed by atoms with van der Waals surface area (Å²) in [7, 11) is -4.36. The molecule has 0 aliphatic heterocycles. The molecule has 0 atom stereocenters. The Balaban J connectivity index is 3.16. The number of nitrogens with zero attached hydrogens (tertiary/aromatic N) is 2. The van der Waals surface area contributed by atoms with Gasteiger partial charge in [-0.1, -0.05) is 5.92 Å². The van der Waals surface area contributed by atoms with Gasteiger partial charge in [-0.25, -0.2) is 8.42 Å². The lowest BCUT2D eigenvalue weighted by atomic mass is 10.2. The summed E-state index contributed by atoms with van der Waals surface area (Å²) in [6.07, 6.45) is 0.204. The summed E-state index contributed by atoms with van der Waals surface area (Å²) >= 11 is 0. The van der Waals surface area contributed by atoms with Crippen LogP contribution in [0.5, 0.6) is 0 Å². The summed E-state index contributed by atoms with van der Waals surface area (Å²) in [5, 5.41) is 8.59. The number of terminal acetylenes is 1. The zero-order valence-electron chi connectivity index (χ0n) is 10.1. The van der Waals surface area contributed by atoms with Gasteiger partial charge in [-0.2, -0.15) is 22.7 Å². The number of nitriles is 1. The lowest BCUT2D eigenvalue weighted by Gasteiger charge is -2.21. The number of rotatable bonds is 4. The first-order chi connectivity index (χ1) is 9.20. The van der Waals surface area contributed by atoms with Crippen molar-refractivity contribution in [3.05, 3.63) is 29.8 Å². The van der Waals surface area contributed by atoms with Crippen LogP contribution in [0.15, 0.2) is 29.2 Å². The van der Waals surface area contributed by atoms with Crippen molar-refractivity contribution in [1.82, 2.24) is 4.31 Å². The molecule has 0 spiro atoms. The van der Waals surface area contributed by atoms with Gasteiger partial charge in [0.2, 0.25) is 10.0 Å². The average Bonchev–Trinajstić information content (AvgIpc) is 2.37. The van der Waals surface area contributed by atoms with Crippen LogP contribution in [0.1, 0.15) is 5.56 Å². The minimum Gasteiger partial charge on any atom is -0.207 e. The quantitative estimate of drug-likeness (QED) is 0.796. The summed E-state index contributed by atoms with van der Waals surface area (Å²) in [4.78, 5) is -0.351. The van der Waals surface area contributed by atoms with Crippen molar-refractivity contribution in [2.45, 2.75) is 11.1 Å². The van der Waals surface area contributed by atoms with E-state index in [1.807, 2.05) is 5.92 Å². The van der Waals surface area contributed by atoms with Crippen LogP contribution in [-0.2, 0) is 10.0 Å². The van der Waals surface area contributed by atoms with E-state index in [2.05, 4.69) is 0 Å². The fraction of sp³-hybridized carbons (Fsp3) is 0.250. The Kier molecular flexibility index (Phi) is 4.77. The number of alkyl halides is 3. The molecular weight excluding hydrogens is 293 g/mol. The summed E-state index contributed by atoms with van der Waals surface area (Å²) in [6, 6.07) is 6.31. The third-order valence-corrected chi connectivity index (χ3v) is 4.05. The van der Waals surface area contributed by atoms with Crippen molar-refractivity contribution in [3.63, 3.8) is 0 Å². The summed E-state index contributed by atoms with van der Waals surface area (Å²) in [6.45, 7) is -2.36. The number of hydrogen-bond donors (Lipinski definition) is 0. The Morgan fingerprint density at radius 3 is 2.20 bits per heavy atom. The number of benzene rings is 1. The lowest BCUT2D eigenvalue weighted by molar-refractivity contribution is -0.135. The lowest BCUT2D eigenvalue weighted by Crippen LogP contribution is -2.39. The second-order valence-electron chi connectivity index (χ2n) is 3.73. The second kappa shape index (κ2) is 5.95. The van der Waals surface area contributed by atoms with Crippen LogP contribution in [0.4, 0.5) is 13.2 Å². The third kappa shape index (κ3) is 3.98. The third-order valence-electron chi connectivity index (χ3n) is 2.24. The van der Waals surface area contributed by atoms with E-state index in [1.165, 1.54) is 12.1 Å². The highest BCUT2D eigenvalue weighted by Crippen LogP contribution is 2.22. The number of halogens is 3. The molecule has 0 aliphatic rings. The molecule has 0 bridgehead atoms. The van der Waals surface area contributed by atoms with Gasteiger partial charge < -0.3 is 0 Å². The van der Waals surface area contributed by atoms with Crippen LogP contribution in [0.25, 0.3) is 0 Å². The second-order valence-corrected chi connectivity index (χ2v) is 5.67. The van der Waals surface area contributed by atoms with Gasteiger partial charge >= 0.3 is 6.18 Å². The molecule has 0 aromatic heterocycles. The SMILES string of the molecule is C#CCN(CC(F)(F)F)S(=O)(=O)c1ccc(C#N)cc1. The fourth-order valence-electron chi connectivity index (χ4n) is 1.38. The van der Waals surface area contributed by atoms with Gasteiger partial charge in [0.1, 0.15) is 6.54 Å². The van der Waals surface area contributed by atoms with Gasteiger partial charge in [-0.15, -0.1) is 6.42 Å². The molecule has 20 heavy (non-hydrogen) atoms. The molecule has 1 aromatic carbocycles. The highest BCUT2D eigenvalue weighted by molar-refractivity contribution is 7.89. The van der Waals surface area contributed by atoms with Crippen molar-refractivity contribution in [1.29, 1.82) is 5.26 Å². The maximum atomic E-state index is 12.4. The molecule has 0 N–H and O–H groups in total. The first kappa shape index (κ1) is 16.0. The molecule has 1 rings (SSSR count). The Morgan fingerprint density at radius 2 is 1.80 bits per heavy atom. The maximum absolute atomic E-state index is 12.4. The maximum Gasteiger partial charge on any atom is 0.402 e. The van der Waals surface area contributed by atoms with E-state index in [4.69, 9.17) is 11.7 Å². The predicted molar refractivity (Wildman–Crippen MR) is 64.8 cm³/mol. The highest BCUT2D eigenvalue weighted by Gasteiger charge is 2.36. The largest absolute Gasteiger partial charge is 0.402 e. The van der Waals surface area contributed by atoms with Crippen LogP contribution in [-0.4, -0.2) is 32.0 Å². The van der Waals surface area contributed by atoms with Crippen molar-refractivity contribution in [2.24, 2.45) is 0 Å². The van der Waals surface area contributed by atoms with E-state index in [-0.39, 0.29) is 14.8 Å². The van der Waals surface area contributed by atoms with Crippen molar-refractivity contribution >= 4 is 10.0 Å². The van der Waals surface area contributed by atoms with E-state index >= 15 is 0 Å². The molecule has 106 valence electrons. The Bertz CT molecular complexity index is 652. The van der Waals surface area contributed by atoms with Gasteiger partial charge in [0.15, 0.2) is 0 Å². The molecule has 0 saturated carbocycles. The van der Waals surface area contributed by atoms with Gasteiger partial charge in [-0.05, 0) is 24.3 Å². The number of hydrogen-bond acceptors (Lipinski definition) is 3. The summed E-state index contributed by atoms with van der Waals surface area (Å²) in [5.74, 6) is 1.88. The normalized spacial score (nSPS) is 11.9. The molecular formula is C12H9F3N2O2S. The smallest absolute Gasteiger partial charge is 0.207 e. The van der Waals surface area contributed by atoms with Crippen molar-refractivity contribution in [3.8, 4) is 18.4 Å². The van der Waals surface area contributed by atoms with Crippen LogP contribution < -0.4 is 0 Å². The topological polar surface area (TPSA) is 61.2 Å². The van der Waals surface area contributed by atoms with Crippen LogP contribution in [0, 0.1) is 23.7 Å². The first-order valence-electron chi connectivity index (χ1n) is 5.21. The molecule has 0 amide bonds. The molecule has 0 fully saturated rings. The number of sulfonamides is 1. The van der Waals surface area contributed by atoms with Crippen LogP contribution in [0.3, 0.4) is 0 Å². The fourth-order valence-corrected chi connectivity index (χ4v) is 2.72. The average molecular weight is 302 g/mol. The predicted octanol–water partition coefficient (Wildman–Crippen LogP) is 1.74. The van der Waals surface area contributed by atoms with E-state index in [1.54, 1.807) is 6.07 Å². The minimum atomic E-state index is -4.70. The van der Waals surface area contributed by atoms with Crippen molar-refractivity contribution in [2.75, 3.05) is 13.1 Å². The Morgan fingerprint density at radius 1 is 1.25 bits per heavy atom. The van der Waals surface area contributed by atoms with Crippen LogP contribution in [0.2, 0.25) is 0 Å². The molecule has 0 heterocycles. The molecule has 1 aromatic rings. The zero-order chi connectivity index (χ0) is 15.4. The molecule has 0 aliphatic carbocycles. The van der Waals surface area contributed by atoms with Gasteiger partial charge in [-0.3, -0.25) is 0 Å². The van der Waals surface area contributed by atoms with Gasteiger partial charge in [0, 0.05) is 0 Å². The Labute approximate surface area is 114 Å². The van der Waals surface area contributed by atoms with E-state index in [0.29, 0.717) is 0 Å². The first-order valence-corrected chi connectivity index (χ1v) is 6.65.